The number of para-hydroxylation sites is 1. The van der Waals surface area contributed by atoms with Crippen LogP contribution in [0.5, 0.6) is 11.5 Å². The maximum Gasteiger partial charge on any atom is 0.259 e. The van der Waals surface area contributed by atoms with Gasteiger partial charge in [0.25, 0.3) is 5.91 Å². The number of nitrogens with one attached hydrogen (secondary N) is 1. The van der Waals surface area contributed by atoms with Gasteiger partial charge >= 0.3 is 0 Å². The van der Waals surface area contributed by atoms with Crippen LogP contribution in [0.4, 0.5) is 5.69 Å². The first kappa shape index (κ1) is 13.0. The Morgan fingerprint density at radius 1 is 1.21 bits per heavy atom. The van der Waals surface area contributed by atoms with E-state index in [4.69, 9.17) is 4.74 Å². The van der Waals surface area contributed by atoms with Gasteiger partial charge in [0.05, 0.1) is 12.7 Å². The largest absolute Gasteiger partial charge is 0.507 e. The summed E-state index contributed by atoms with van der Waals surface area (Å²) in [6.07, 6.45) is 0. The Balaban J connectivity index is 2.23. The molecule has 0 bridgehead atoms. The molecule has 19 heavy (non-hydrogen) atoms. The molecule has 2 aromatic carbocycles. The van der Waals surface area contributed by atoms with E-state index in [-0.39, 0.29) is 17.2 Å². The number of benzene rings is 2. The summed E-state index contributed by atoms with van der Waals surface area (Å²) in [7, 11) is 1.56. The number of anilines is 1. The summed E-state index contributed by atoms with van der Waals surface area (Å²) >= 11 is 0. The lowest BCUT2D eigenvalue weighted by Gasteiger charge is -2.09. The van der Waals surface area contributed by atoms with Gasteiger partial charge in [0, 0.05) is 11.8 Å². The molecule has 0 atom stereocenters. The zero-order valence-electron chi connectivity index (χ0n) is 10.8. The van der Waals surface area contributed by atoms with Gasteiger partial charge in [0.1, 0.15) is 11.5 Å². The van der Waals surface area contributed by atoms with Crippen LogP contribution in [0.15, 0.2) is 42.5 Å². The summed E-state index contributed by atoms with van der Waals surface area (Å²) in [4.78, 5) is 12.1. The Kier molecular flexibility index (Phi) is 3.71. The maximum atomic E-state index is 12.1. The quantitative estimate of drug-likeness (QED) is 0.888. The van der Waals surface area contributed by atoms with E-state index < -0.39 is 0 Å². The second kappa shape index (κ2) is 5.44. The summed E-state index contributed by atoms with van der Waals surface area (Å²) in [5.41, 5.74) is 1.53. The van der Waals surface area contributed by atoms with Gasteiger partial charge in [-0.15, -0.1) is 0 Å². The van der Waals surface area contributed by atoms with Crippen LogP contribution in [0, 0.1) is 6.92 Å². The van der Waals surface area contributed by atoms with Crippen LogP contribution >= 0.6 is 0 Å². The van der Waals surface area contributed by atoms with E-state index >= 15 is 0 Å². The molecule has 2 aromatic rings. The van der Waals surface area contributed by atoms with Crippen LogP contribution in [-0.2, 0) is 0 Å². The third-order valence-corrected chi connectivity index (χ3v) is 2.81. The average molecular weight is 257 g/mol. The first-order chi connectivity index (χ1) is 9.11. The normalized spacial score (nSPS) is 10.0. The van der Waals surface area contributed by atoms with Crippen LogP contribution in [0.2, 0.25) is 0 Å². The first-order valence-corrected chi connectivity index (χ1v) is 5.86. The number of phenols is 1. The van der Waals surface area contributed by atoms with E-state index in [1.54, 1.807) is 56.5 Å². The molecule has 0 fully saturated rings. The highest BCUT2D eigenvalue weighted by Gasteiger charge is 2.12. The van der Waals surface area contributed by atoms with E-state index in [1.807, 2.05) is 0 Å². The van der Waals surface area contributed by atoms with Crippen molar-refractivity contribution in [1.82, 2.24) is 0 Å². The standard InChI is InChI=1S/C15H15NO3/c1-10-5-3-8-13(14(10)17)15(18)16-11-6-4-7-12(9-11)19-2/h3-9,17H,1-2H3,(H,16,18). The molecule has 0 aliphatic rings. The van der Waals surface area contributed by atoms with Crippen LogP contribution in [0.25, 0.3) is 0 Å². The number of hydrogen-bond acceptors (Lipinski definition) is 3. The van der Waals surface area contributed by atoms with E-state index in [0.717, 1.165) is 0 Å². The van der Waals surface area contributed by atoms with E-state index in [9.17, 15) is 9.90 Å². The summed E-state index contributed by atoms with van der Waals surface area (Å²) in [5, 5.41) is 12.6. The summed E-state index contributed by atoms with van der Waals surface area (Å²) < 4.78 is 5.08. The molecule has 1 amide bonds. The van der Waals surface area contributed by atoms with Gasteiger partial charge in [-0.3, -0.25) is 4.79 Å². The van der Waals surface area contributed by atoms with E-state index in [1.165, 1.54) is 0 Å². The zero-order chi connectivity index (χ0) is 13.8. The predicted molar refractivity (Wildman–Crippen MR) is 73.8 cm³/mol. The summed E-state index contributed by atoms with van der Waals surface area (Å²) in [6, 6.07) is 12.1. The molecule has 0 saturated carbocycles. The fourth-order valence-electron chi connectivity index (χ4n) is 1.74. The molecule has 0 aliphatic heterocycles. The third-order valence-electron chi connectivity index (χ3n) is 2.81. The number of ether oxygens (including phenoxy) is 1. The van der Waals surface area contributed by atoms with Crippen molar-refractivity contribution >= 4 is 11.6 Å². The second-order valence-corrected chi connectivity index (χ2v) is 4.16. The second-order valence-electron chi connectivity index (χ2n) is 4.16. The van der Waals surface area contributed by atoms with Gasteiger partial charge in [-0.25, -0.2) is 0 Å². The summed E-state index contributed by atoms with van der Waals surface area (Å²) in [5.74, 6) is 0.309. The molecule has 4 heteroatoms. The van der Waals surface area contributed by atoms with Crippen molar-refractivity contribution in [2.24, 2.45) is 0 Å². The Hall–Kier alpha value is -2.49. The Bertz CT molecular complexity index is 608. The first-order valence-electron chi connectivity index (χ1n) is 5.86. The fourth-order valence-corrected chi connectivity index (χ4v) is 1.74. The highest BCUT2D eigenvalue weighted by Crippen LogP contribution is 2.23. The molecular formula is C15H15NO3. The average Bonchev–Trinajstić information content (AvgIpc) is 2.42. The molecule has 0 heterocycles. The maximum absolute atomic E-state index is 12.1. The monoisotopic (exact) mass is 257 g/mol. The van der Waals surface area contributed by atoms with Gasteiger partial charge < -0.3 is 15.2 Å². The van der Waals surface area contributed by atoms with Gasteiger partial charge in [-0.1, -0.05) is 18.2 Å². The number of phenolic OH excluding ortho intramolecular Hbond substituents is 1. The van der Waals surface area contributed by atoms with Crippen molar-refractivity contribution in [1.29, 1.82) is 0 Å². The van der Waals surface area contributed by atoms with E-state index in [0.29, 0.717) is 17.0 Å². The van der Waals surface area contributed by atoms with Gasteiger partial charge in [-0.2, -0.15) is 0 Å². The van der Waals surface area contributed by atoms with Crippen molar-refractivity contribution < 1.29 is 14.6 Å². The number of aryl methyl sites for hydroxylation is 1. The molecule has 0 spiro atoms. The highest BCUT2D eigenvalue weighted by molar-refractivity contribution is 6.06. The number of hydrogen-bond donors (Lipinski definition) is 2. The van der Waals surface area contributed by atoms with Gasteiger partial charge in [-0.05, 0) is 30.7 Å². The topological polar surface area (TPSA) is 58.6 Å². The molecule has 4 nitrogen and oxygen atoms in total. The number of carbonyl (C=O) groups excluding carboxylic acids is 1. The van der Waals surface area contributed by atoms with Gasteiger partial charge in [0.2, 0.25) is 0 Å². The van der Waals surface area contributed by atoms with Crippen molar-refractivity contribution in [2.45, 2.75) is 6.92 Å². The number of aromatic hydroxyl groups is 1. The highest BCUT2D eigenvalue weighted by atomic mass is 16.5. The van der Waals surface area contributed by atoms with Crippen molar-refractivity contribution in [3.63, 3.8) is 0 Å². The SMILES string of the molecule is COc1cccc(NC(=O)c2cccc(C)c2O)c1. The Morgan fingerprint density at radius 2 is 1.95 bits per heavy atom. The molecule has 0 unspecified atom stereocenters. The third kappa shape index (κ3) is 2.85. The van der Waals surface area contributed by atoms with Crippen molar-refractivity contribution in [2.75, 3.05) is 12.4 Å². The predicted octanol–water partition coefficient (Wildman–Crippen LogP) is 2.96. The minimum atomic E-state index is -0.352. The molecule has 2 N–H and O–H groups in total. The molecule has 98 valence electrons. The number of methoxy groups -OCH3 is 1. The molecule has 0 saturated heterocycles. The summed E-state index contributed by atoms with van der Waals surface area (Å²) in [6.45, 7) is 1.75. The molecule has 2 rings (SSSR count). The molecule has 0 aromatic heterocycles. The lowest BCUT2D eigenvalue weighted by atomic mass is 10.1. The molecule has 0 radical (unpaired) electrons. The number of amides is 1. The van der Waals surface area contributed by atoms with Crippen LogP contribution in [0.3, 0.4) is 0 Å². The van der Waals surface area contributed by atoms with Crippen LogP contribution in [-0.4, -0.2) is 18.1 Å². The minimum absolute atomic E-state index is 0.00268. The minimum Gasteiger partial charge on any atom is -0.507 e. The zero-order valence-corrected chi connectivity index (χ0v) is 10.8. The molecule has 0 aliphatic carbocycles. The molecular weight excluding hydrogens is 242 g/mol. The lowest BCUT2D eigenvalue weighted by molar-refractivity contribution is 0.102. The Morgan fingerprint density at radius 3 is 2.68 bits per heavy atom. The Labute approximate surface area is 111 Å². The van der Waals surface area contributed by atoms with Crippen LogP contribution in [0.1, 0.15) is 15.9 Å². The van der Waals surface area contributed by atoms with Gasteiger partial charge in [0.15, 0.2) is 0 Å². The smallest absolute Gasteiger partial charge is 0.259 e. The van der Waals surface area contributed by atoms with Crippen LogP contribution < -0.4 is 10.1 Å². The van der Waals surface area contributed by atoms with Crippen molar-refractivity contribution in [3.8, 4) is 11.5 Å². The fraction of sp³-hybridized carbons (Fsp3) is 0.133. The lowest BCUT2D eigenvalue weighted by Crippen LogP contribution is -2.12. The number of carbonyl (C=O) groups is 1. The van der Waals surface area contributed by atoms with E-state index in [2.05, 4.69) is 5.32 Å². The van der Waals surface area contributed by atoms with Crippen molar-refractivity contribution in [3.05, 3.63) is 53.6 Å². The number of rotatable bonds is 3.